The van der Waals surface area contributed by atoms with Crippen LogP contribution in [0.2, 0.25) is 0 Å². The number of hydrogen-bond acceptors (Lipinski definition) is 17. The summed E-state index contributed by atoms with van der Waals surface area (Å²) in [6.45, 7) is 6.30. The number of ether oxygens (including phenoxy) is 3. The number of aliphatic hydroxyl groups excluding tert-OH is 5. The molecule has 0 saturated carbocycles. The van der Waals surface area contributed by atoms with Crippen LogP contribution in [0.1, 0.15) is 74.7 Å². The number of anilines is 3. The first-order valence-corrected chi connectivity index (χ1v) is 42.5. The van der Waals surface area contributed by atoms with Gasteiger partial charge in [0.25, 0.3) is 0 Å². The Morgan fingerprint density at radius 2 is 0.750 bits per heavy atom. The number of β-amino-alcohol motifs (C(OH)–C–C–N with tert-alkyl or cyclic N) is 3. The van der Waals surface area contributed by atoms with Crippen molar-refractivity contribution in [1.29, 1.82) is 0 Å². The molecule has 0 bridgehead atoms. The minimum atomic E-state index is -1.24. The molecule has 6 amide bonds. The van der Waals surface area contributed by atoms with Crippen molar-refractivity contribution in [2.45, 2.75) is 91.4 Å². The second-order valence-electron chi connectivity index (χ2n) is 34.5. The van der Waals surface area contributed by atoms with Crippen molar-refractivity contribution in [3.8, 4) is 75.0 Å². The summed E-state index contributed by atoms with van der Waals surface area (Å²) >= 11 is 0. The monoisotopic (exact) mass is 1670 g/mol. The fourth-order valence-corrected chi connectivity index (χ4v) is 18.8. The van der Waals surface area contributed by atoms with E-state index in [4.69, 9.17) is 14.2 Å². The molecule has 124 heavy (non-hydrogen) atoms. The quantitative estimate of drug-likeness (QED) is 0.0395. The van der Waals surface area contributed by atoms with Crippen molar-refractivity contribution in [2.75, 3.05) is 158 Å². The zero-order valence-corrected chi connectivity index (χ0v) is 71.9. The zero-order valence-electron chi connectivity index (χ0n) is 71.9. The van der Waals surface area contributed by atoms with Gasteiger partial charge in [0.1, 0.15) is 23.1 Å². The largest absolute Gasteiger partial charge is 0.497 e. The first-order valence-electron chi connectivity index (χ1n) is 42.5. The number of amides is 6. The van der Waals surface area contributed by atoms with E-state index in [9.17, 15) is 39.9 Å². The van der Waals surface area contributed by atoms with Gasteiger partial charge >= 0.3 is 18.1 Å². The molecule has 15 rings (SSSR count). The summed E-state index contributed by atoms with van der Waals surface area (Å²) in [4.78, 5) is 61.5. The number of hydrogen-bond donors (Lipinski definition) is 8. The first-order chi connectivity index (χ1) is 59.8. The number of benzene rings is 9. The van der Waals surface area contributed by atoms with Crippen LogP contribution in [0.5, 0.6) is 17.2 Å². The smallest absolute Gasteiger partial charge is 0.321 e. The number of aliphatic hydroxyl groups is 5. The van der Waals surface area contributed by atoms with Crippen LogP contribution < -0.4 is 30.2 Å². The Morgan fingerprint density at radius 1 is 0.379 bits per heavy atom. The topological polar surface area (TPSA) is 245 Å². The lowest BCUT2D eigenvalue weighted by atomic mass is 9.73. The van der Waals surface area contributed by atoms with E-state index in [0.717, 1.165) is 51.1 Å². The molecule has 6 heterocycles. The van der Waals surface area contributed by atoms with E-state index in [0.29, 0.717) is 83.7 Å². The van der Waals surface area contributed by atoms with Crippen LogP contribution >= 0.6 is 0 Å². The second kappa shape index (κ2) is 38.6. The molecule has 0 aromatic heterocycles. The number of rotatable bonds is 17. The predicted molar refractivity (Wildman–Crippen MR) is 481 cm³/mol. The Balaban J connectivity index is 0.608. The third-order valence-corrected chi connectivity index (χ3v) is 25.2. The molecule has 0 radical (unpaired) electrons. The van der Waals surface area contributed by atoms with E-state index in [1.165, 1.54) is 18.7 Å². The fraction of sp³-hybridized carbons (Fsp3) is 0.370. The third-order valence-electron chi connectivity index (χ3n) is 25.2. The first kappa shape index (κ1) is 87.3. The summed E-state index contributed by atoms with van der Waals surface area (Å²) in [5.74, 6) is 20.7. The number of methoxy groups -OCH3 is 3. The standard InChI is InChI=1S/C100H111FN12O11/c1-63-51-111-82(52-105(2)3)95(69-30-23-65(24-31-69)20-19-64-15-12-11-13-16-64)85(111)55-108(58-88(63)114)99(120)103-76-40-45-93(123-9)79(49-76)72-18-14-17-68(47-72)22-21-66-25-32-70(33-26-66)96-83(53-106(4)5)113-62-92(118)90(116)60-110(57-87(96)113)100(121)104-77-41-46-94(124-10)80(50-77)73-37-44-81(101)74(48-73)36-29-67-27-34-71(35-28-67)97-84(54-107(6)7)112-61-91(117)89(115)59-109(56-86(97)112)98(119)102-75-38-42-78(122-8)43-39-75/h11-18,23-28,30-35,37-50,63,82-92,95-97,114-118H,51-62H2,1-10H3,(H,102,119)(H,103,120)(H,104,121)/t63-,82+,83+,84+,85-,86-,87-,88+,89+,90-,91-,92+,95-,96-,97-/m0/s1. The molecule has 23 nitrogen and oxygen atoms in total. The number of halogens is 1. The lowest BCUT2D eigenvalue weighted by Gasteiger charge is -2.59. The molecule has 24 heteroatoms. The summed E-state index contributed by atoms with van der Waals surface area (Å²) in [6, 6.07) is 63.3. The van der Waals surface area contributed by atoms with Crippen molar-refractivity contribution in [2.24, 2.45) is 5.92 Å². The lowest BCUT2D eigenvalue weighted by Crippen LogP contribution is -2.71. The Morgan fingerprint density at radius 3 is 1.18 bits per heavy atom. The van der Waals surface area contributed by atoms with Gasteiger partial charge in [-0.3, -0.25) is 14.7 Å². The van der Waals surface area contributed by atoms with Crippen molar-refractivity contribution >= 4 is 35.2 Å². The van der Waals surface area contributed by atoms with E-state index >= 15 is 4.39 Å². The summed E-state index contributed by atoms with van der Waals surface area (Å²) in [5, 5.41) is 66.3. The summed E-state index contributed by atoms with van der Waals surface area (Å²) < 4.78 is 33.0. The minimum Gasteiger partial charge on any atom is -0.497 e. The fourth-order valence-electron chi connectivity index (χ4n) is 18.8. The number of likely N-dealkylation sites (N-methyl/N-ethyl adjacent to an activating group) is 3. The highest BCUT2D eigenvalue weighted by Crippen LogP contribution is 2.47. The second-order valence-corrected chi connectivity index (χ2v) is 34.5. The SMILES string of the molecule is COc1ccc(NC(=O)N2C[C@@H](O)[C@@H](O)CN3[C@H](CN(C)C)[C@H](c4ccc(C#Cc5cc(-c6cc(NC(=O)N7C[C@H](O)[C@H](O)CN8[C@H](CN(C)C)[C@H](c9ccc(C#Cc%10cccc(-c%11cc(NC(=O)N%12C[C@@H](O)[C@@H](C)CN%13[C@H](CN(C)C)[C@H](c%14ccc(C#Cc%15ccccc%15)cc%14)[C@@H]%13C%12)ccc%11OC)c%10)cc9)[C@@H]8C7)ccc6OC)ccc5F)cc4)[C@@H]3C2)cc1. The number of carbonyl (C=O) groups excluding carboxylic acids is 3. The molecule has 8 N–H and O–H groups in total. The highest BCUT2D eigenvalue weighted by atomic mass is 19.1. The molecule has 6 aliphatic heterocycles. The number of urea groups is 3. The molecular weight excluding hydrogens is 1560 g/mol. The predicted octanol–water partition coefficient (Wildman–Crippen LogP) is 10.6. The van der Waals surface area contributed by atoms with E-state index in [2.05, 4.69) is 138 Å². The number of carbonyl (C=O) groups is 3. The summed E-state index contributed by atoms with van der Waals surface area (Å²) in [7, 11) is 16.9. The summed E-state index contributed by atoms with van der Waals surface area (Å²) in [6.07, 6.45) is -5.37. The Bertz CT molecular complexity index is 5480. The van der Waals surface area contributed by atoms with Crippen LogP contribution in [0, 0.1) is 47.3 Å². The molecule has 15 atom stereocenters. The van der Waals surface area contributed by atoms with E-state index in [1.807, 2.05) is 137 Å². The minimum absolute atomic E-state index is 0.0173. The average molecular weight is 1680 g/mol. The highest BCUT2D eigenvalue weighted by molar-refractivity contribution is 5.93. The van der Waals surface area contributed by atoms with Gasteiger partial charge in [-0.2, -0.15) is 0 Å². The third kappa shape index (κ3) is 19.8. The lowest BCUT2D eigenvalue weighted by molar-refractivity contribution is -0.105. The van der Waals surface area contributed by atoms with Crippen molar-refractivity contribution in [1.82, 2.24) is 44.1 Å². The van der Waals surface area contributed by atoms with Gasteiger partial charge in [-0.25, -0.2) is 18.8 Å². The molecule has 6 saturated heterocycles. The van der Waals surface area contributed by atoms with Gasteiger partial charge in [-0.15, -0.1) is 0 Å². The van der Waals surface area contributed by atoms with Crippen molar-refractivity contribution in [3.05, 3.63) is 262 Å². The number of nitrogens with zero attached hydrogens (tertiary/aromatic N) is 9. The maximum atomic E-state index is 15.9. The number of fused-ring (bicyclic) bond motifs is 3. The molecule has 6 aliphatic rings. The molecule has 0 aliphatic carbocycles. The van der Waals surface area contributed by atoms with Crippen molar-refractivity contribution < 1.29 is 58.5 Å². The number of nitrogens with one attached hydrogen (secondary N) is 3. The van der Waals surface area contributed by atoms with Gasteiger partial charge in [0.2, 0.25) is 0 Å². The molecule has 6 fully saturated rings. The van der Waals surface area contributed by atoms with Gasteiger partial charge < -0.3 is 85.1 Å². The van der Waals surface area contributed by atoms with Crippen LogP contribution in [0.4, 0.5) is 35.8 Å². The van der Waals surface area contributed by atoms with E-state index < -0.39 is 48.4 Å². The maximum Gasteiger partial charge on any atom is 0.321 e. The van der Waals surface area contributed by atoms with Crippen LogP contribution in [-0.2, 0) is 0 Å². The molecular formula is C100H111FN12O11. The Hall–Kier alpha value is -11.6. The molecule has 9 aromatic rings. The van der Waals surface area contributed by atoms with Crippen molar-refractivity contribution in [3.63, 3.8) is 0 Å². The molecule has 0 spiro atoms. The zero-order chi connectivity index (χ0) is 87.1. The van der Waals surface area contributed by atoms with E-state index in [1.54, 1.807) is 83.5 Å². The van der Waals surface area contributed by atoms with Gasteiger partial charge in [-0.05, 0) is 209 Å². The highest BCUT2D eigenvalue weighted by Gasteiger charge is 2.55. The van der Waals surface area contributed by atoms with Gasteiger partial charge in [0.05, 0.1) is 70.5 Å². The van der Waals surface area contributed by atoms with Gasteiger partial charge in [0.15, 0.2) is 0 Å². The molecule has 9 aromatic carbocycles. The summed E-state index contributed by atoms with van der Waals surface area (Å²) in [5.41, 5.74) is 11.7. The van der Waals surface area contributed by atoms with Crippen LogP contribution in [-0.4, -0.2) is 297 Å². The maximum absolute atomic E-state index is 15.9. The van der Waals surface area contributed by atoms with E-state index in [-0.39, 0.29) is 111 Å². The van der Waals surface area contributed by atoms with Gasteiger partial charge in [-0.1, -0.05) is 115 Å². The van der Waals surface area contributed by atoms with Crippen LogP contribution in [0.3, 0.4) is 0 Å². The molecule has 644 valence electrons. The average Bonchev–Trinajstić information content (AvgIpc) is 0.743. The Kier molecular flexibility index (Phi) is 27.2. The normalized spacial score (nSPS) is 24.5. The van der Waals surface area contributed by atoms with Gasteiger partial charge in [0, 0.05) is 175 Å². The van der Waals surface area contributed by atoms with Crippen LogP contribution in [0.15, 0.2) is 206 Å². The molecule has 0 unspecified atom stereocenters. The Labute approximate surface area is 726 Å². The van der Waals surface area contributed by atoms with Crippen LogP contribution in [0.25, 0.3) is 22.3 Å².